The molecule has 0 aliphatic heterocycles. The Hall–Kier alpha value is -0.860. The maximum atomic E-state index is 10.8. The van der Waals surface area contributed by atoms with Gasteiger partial charge in [-0.05, 0) is 17.8 Å². The van der Waals surface area contributed by atoms with Gasteiger partial charge in [0.25, 0.3) is 0 Å². The molecule has 3 heteroatoms. The van der Waals surface area contributed by atoms with Gasteiger partial charge in [-0.3, -0.25) is 4.79 Å². The lowest BCUT2D eigenvalue weighted by molar-refractivity contribution is -0.149. The number of ketones is 1. The highest BCUT2D eigenvalue weighted by atomic mass is 16.4. The fraction of sp³-hybridized carbons (Fsp3) is 0.800. The second-order valence-electron chi connectivity index (χ2n) is 4.80. The molecular weight excluding hydrogens is 168 g/mol. The number of hydrogen-bond acceptors (Lipinski definition) is 2. The highest BCUT2D eigenvalue weighted by Gasteiger charge is 2.20. The summed E-state index contributed by atoms with van der Waals surface area (Å²) in [6.07, 6.45) is 1.01. The van der Waals surface area contributed by atoms with Crippen molar-refractivity contribution >= 4 is 11.8 Å². The van der Waals surface area contributed by atoms with Crippen LogP contribution in [-0.2, 0) is 9.59 Å². The van der Waals surface area contributed by atoms with Gasteiger partial charge in [0, 0.05) is 6.42 Å². The van der Waals surface area contributed by atoms with Crippen molar-refractivity contribution in [3.63, 3.8) is 0 Å². The molecule has 0 aliphatic rings. The first-order valence-corrected chi connectivity index (χ1v) is 4.48. The second kappa shape index (κ2) is 4.40. The Morgan fingerprint density at radius 3 is 2.08 bits per heavy atom. The van der Waals surface area contributed by atoms with Crippen molar-refractivity contribution < 1.29 is 14.7 Å². The Balaban J connectivity index is 3.95. The minimum absolute atomic E-state index is 0.142. The topological polar surface area (TPSA) is 54.4 Å². The molecule has 76 valence electrons. The van der Waals surface area contributed by atoms with E-state index in [2.05, 4.69) is 20.8 Å². The predicted octanol–water partition coefficient (Wildman–Crippen LogP) is 2.10. The van der Waals surface area contributed by atoms with Crippen LogP contribution in [0.25, 0.3) is 0 Å². The lowest BCUT2D eigenvalue weighted by Crippen LogP contribution is -2.19. The van der Waals surface area contributed by atoms with Crippen molar-refractivity contribution in [2.45, 2.75) is 40.5 Å². The summed E-state index contributed by atoms with van der Waals surface area (Å²) in [5, 5.41) is 8.38. The number of rotatable bonds is 4. The molecule has 0 spiro atoms. The largest absolute Gasteiger partial charge is 0.476 e. The van der Waals surface area contributed by atoms with Gasteiger partial charge in [-0.25, -0.2) is 4.79 Å². The third-order valence-corrected chi connectivity index (χ3v) is 1.73. The molecule has 0 saturated heterocycles. The standard InChI is InChI=1S/C10H18O3/c1-7(6-10(2,3)4)5-8(11)9(12)13/h7H,5-6H2,1-4H3,(H,12,13). The summed E-state index contributed by atoms with van der Waals surface area (Å²) in [5.74, 6) is -1.86. The molecule has 3 nitrogen and oxygen atoms in total. The van der Waals surface area contributed by atoms with Crippen molar-refractivity contribution in [2.24, 2.45) is 11.3 Å². The molecule has 0 bridgehead atoms. The lowest BCUT2D eigenvalue weighted by Gasteiger charge is -2.22. The fourth-order valence-corrected chi connectivity index (χ4v) is 1.52. The molecule has 1 unspecified atom stereocenters. The van der Waals surface area contributed by atoms with Crippen molar-refractivity contribution in [3.05, 3.63) is 0 Å². The summed E-state index contributed by atoms with van der Waals surface area (Å²) in [6, 6.07) is 0. The van der Waals surface area contributed by atoms with Gasteiger partial charge in [-0.1, -0.05) is 27.7 Å². The monoisotopic (exact) mass is 186 g/mol. The van der Waals surface area contributed by atoms with E-state index in [-0.39, 0.29) is 17.8 Å². The zero-order valence-corrected chi connectivity index (χ0v) is 8.76. The normalized spacial score (nSPS) is 13.8. The SMILES string of the molecule is CC(CC(=O)C(=O)O)CC(C)(C)C. The van der Waals surface area contributed by atoms with Crippen LogP contribution in [0, 0.1) is 11.3 Å². The molecule has 0 saturated carbocycles. The van der Waals surface area contributed by atoms with Gasteiger partial charge in [-0.15, -0.1) is 0 Å². The van der Waals surface area contributed by atoms with Gasteiger partial charge in [0.15, 0.2) is 0 Å². The van der Waals surface area contributed by atoms with Gasteiger partial charge >= 0.3 is 5.97 Å². The Morgan fingerprint density at radius 2 is 1.77 bits per heavy atom. The average molecular weight is 186 g/mol. The highest BCUT2D eigenvalue weighted by molar-refractivity contribution is 6.32. The molecule has 0 aromatic carbocycles. The maximum Gasteiger partial charge on any atom is 0.372 e. The summed E-state index contributed by atoms with van der Waals surface area (Å²) >= 11 is 0. The summed E-state index contributed by atoms with van der Waals surface area (Å²) in [4.78, 5) is 21.1. The Morgan fingerprint density at radius 1 is 1.31 bits per heavy atom. The average Bonchev–Trinajstić information content (AvgIpc) is 1.81. The van der Waals surface area contributed by atoms with Gasteiger partial charge < -0.3 is 5.11 Å². The van der Waals surface area contributed by atoms with Crippen molar-refractivity contribution in [3.8, 4) is 0 Å². The molecule has 1 atom stereocenters. The molecule has 0 aromatic heterocycles. The molecule has 0 aromatic rings. The minimum Gasteiger partial charge on any atom is -0.476 e. The molecule has 0 fully saturated rings. The van der Waals surface area contributed by atoms with Gasteiger partial charge in [0.1, 0.15) is 0 Å². The van der Waals surface area contributed by atoms with Crippen LogP contribution in [0.3, 0.4) is 0 Å². The Labute approximate surface area is 79.1 Å². The summed E-state index contributed by atoms with van der Waals surface area (Å²) in [6.45, 7) is 8.14. The third-order valence-electron chi connectivity index (χ3n) is 1.73. The molecule has 0 amide bonds. The molecule has 0 heterocycles. The molecular formula is C10H18O3. The highest BCUT2D eigenvalue weighted by Crippen LogP contribution is 2.25. The zero-order chi connectivity index (χ0) is 10.6. The van der Waals surface area contributed by atoms with E-state index >= 15 is 0 Å². The minimum atomic E-state index is -1.32. The van der Waals surface area contributed by atoms with Crippen LogP contribution in [0.1, 0.15) is 40.5 Å². The number of carboxylic acids is 1. The first-order chi connectivity index (χ1) is 5.72. The van der Waals surface area contributed by atoms with Gasteiger partial charge in [0.05, 0.1) is 0 Å². The molecule has 0 rings (SSSR count). The van der Waals surface area contributed by atoms with E-state index in [1.54, 1.807) is 0 Å². The first kappa shape index (κ1) is 12.1. The number of Topliss-reactive ketones (excluding diaryl/α,β-unsaturated/α-hetero) is 1. The Bertz CT molecular complexity index is 201. The van der Waals surface area contributed by atoms with Crippen LogP contribution in [0.4, 0.5) is 0 Å². The number of carbonyl (C=O) groups is 2. The summed E-state index contributed by atoms with van der Waals surface area (Å²) < 4.78 is 0. The van der Waals surface area contributed by atoms with Crippen LogP contribution < -0.4 is 0 Å². The van der Waals surface area contributed by atoms with Crippen molar-refractivity contribution in [1.82, 2.24) is 0 Å². The van der Waals surface area contributed by atoms with Crippen LogP contribution in [0.5, 0.6) is 0 Å². The zero-order valence-electron chi connectivity index (χ0n) is 8.76. The predicted molar refractivity (Wildman–Crippen MR) is 50.5 cm³/mol. The number of aliphatic carboxylic acids is 1. The fourth-order valence-electron chi connectivity index (χ4n) is 1.52. The molecule has 0 aliphatic carbocycles. The third kappa shape index (κ3) is 6.31. The van der Waals surface area contributed by atoms with E-state index in [0.29, 0.717) is 0 Å². The number of carboxylic acid groups (broad SMARTS) is 1. The molecule has 13 heavy (non-hydrogen) atoms. The van der Waals surface area contributed by atoms with E-state index < -0.39 is 11.8 Å². The number of carbonyl (C=O) groups excluding carboxylic acids is 1. The van der Waals surface area contributed by atoms with Crippen LogP contribution in [-0.4, -0.2) is 16.9 Å². The van der Waals surface area contributed by atoms with E-state index in [0.717, 1.165) is 6.42 Å². The van der Waals surface area contributed by atoms with E-state index in [9.17, 15) is 9.59 Å². The van der Waals surface area contributed by atoms with Crippen LogP contribution in [0.2, 0.25) is 0 Å². The van der Waals surface area contributed by atoms with E-state index in [1.165, 1.54) is 0 Å². The summed E-state index contributed by atoms with van der Waals surface area (Å²) in [7, 11) is 0. The number of hydrogen-bond donors (Lipinski definition) is 1. The van der Waals surface area contributed by atoms with Crippen LogP contribution >= 0.6 is 0 Å². The lowest BCUT2D eigenvalue weighted by atomic mass is 9.83. The first-order valence-electron chi connectivity index (χ1n) is 4.48. The quantitative estimate of drug-likeness (QED) is 0.684. The van der Waals surface area contributed by atoms with E-state index in [4.69, 9.17) is 5.11 Å². The maximum absolute atomic E-state index is 10.8. The van der Waals surface area contributed by atoms with Crippen LogP contribution in [0.15, 0.2) is 0 Å². The van der Waals surface area contributed by atoms with Crippen molar-refractivity contribution in [2.75, 3.05) is 0 Å². The molecule has 1 N–H and O–H groups in total. The second-order valence-corrected chi connectivity index (χ2v) is 4.80. The van der Waals surface area contributed by atoms with Gasteiger partial charge in [-0.2, -0.15) is 0 Å². The Kier molecular flexibility index (Phi) is 4.11. The summed E-state index contributed by atoms with van der Waals surface area (Å²) in [5.41, 5.74) is 0.151. The van der Waals surface area contributed by atoms with E-state index in [1.807, 2.05) is 6.92 Å². The molecule has 0 radical (unpaired) electrons. The smallest absolute Gasteiger partial charge is 0.372 e. The van der Waals surface area contributed by atoms with Crippen molar-refractivity contribution in [1.29, 1.82) is 0 Å². The van der Waals surface area contributed by atoms with Gasteiger partial charge in [0.2, 0.25) is 5.78 Å².